The topological polar surface area (TPSA) is 119 Å². The van der Waals surface area contributed by atoms with Crippen molar-refractivity contribution in [2.24, 2.45) is 0 Å². The number of H-pyrrole nitrogens is 1. The molecule has 37 heavy (non-hydrogen) atoms. The van der Waals surface area contributed by atoms with Crippen LogP contribution in [0.2, 0.25) is 0 Å². The molecule has 16 heteroatoms. The molecule has 2 aromatic rings. The first-order valence-corrected chi connectivity index (χ1v) is 11.4. The maximum atomic E-state index is 13.4. The summed E-state index contributed by atoms with van der Waals surface area (Å²) in [5.74, 6) is -0.447. The third-order valence-corrected chi connectivity index (χ3v) is 6.97. The maximum Gasteiger partial charge on any atom is 0.422 e. The van der Waals surface area contributed by atoms with Crippen molar-refractivity contribution in [1.82, 2.24) is 30.0 Å². The Morgan fingerprint density at radius 2 is 1.65 bits per heavy atom. The number of aliphatic hydroxyl groups is 1. The standard InChI is InChI=1S/C21H21F6N7O3/c22-20(23,24)11-7-28-18(29-8-11)33-5-3-32(4-6-33)17(36)19(37)9-34(10-19)13-2-1-12-14(21(25,26)27)16(35)31-30-15(12)13/h7-8,13,37H,1-6,9-10H2,(H,31,35)/t13-/m1/s1. The molecule has 0 saturated carbocycles. The van der Waals surface area contributed by atoms with Crippen LogP contribution in [0.15, 0.2) is 17.2 Å². The van der Waals surface area contributed by atoms with Crippen molar-refractivity contribution >= 4 is 11.9 Å². The lowest BCUT2D eigenvalue weighted by Crippen LogP contribution is -2.70. The summed E-state index contributed by atoms with van der Waals surface area (Å²) in [5, 5.41) is 16.6. The van der Waals surface area contributed by atoms with Crippen molar-refractivity contribution in [3.63, 3.8) is 0 Å². The molecular formula is C21H21F6N7O3. The van der Waals surface area contributed by atoms with Gasteiger partial charge in [0.05, 0.1) is 17.3 Å². The van der Waals surface area contributed by atoms with Crippen LogP contribution in [0.3, 0.4) is 0 Å². The lowest BCUT2D eigenvalue weighted by atomic mass is 9.89. The maximum absolute atomic E-state index is 13.4. The molecule has 5 rings (SSSR count). The van der Waals surface area contributed by atoms with Gasteiger partial charge in [-0.3, -0.25) is 14.5 Å². The molecule has 0 spiro atoms. The monoisotopic (exact) mass is 533 g/mol. The number of β-amino-alcohol motifs (C(OH)–C–C–N with tert-alkyl or cyclic N) is 1. The van der Waals surface area contributed by atoms with Crippen LogP contribution in [0, 0.1) is 0 Å². The molecule has 10 nitrogen and oxygen atoms in total. The van der Waals surface area contributed by atoms with Crippen molar-refractivity contribution < 1.29 is 36.2 Å². The minimum absolute atomic E-state index is 0.00260. The van der Waals surface area contributed by atoms with E-state index in [1.807, 2.05) is 5.10 Å². The normalized spacial score (nSPS) is 22.1. The second-order valence-electron chi connectivity index (χ2n) is 9.33. The van der Waals surface area contributed by atoms with E-state index in [-0.39, 0.29) is 69.3 Å². The van der Waals surface area contributed by atoms with Crippen LogP contribution >= 0.6 is 0 Å². The van der Waals surface area contributed by atoms with Crippen molar-refractivity contribution in [3.05, 3.63) is 45.1 Å². The van der Waals surface area contributed by atoms with Gasteiger partial charge in [-0.15, -0.1) is 0 Å². The molecule has 1 aliphatic carbocycles. The van der Waals surface area contributed by atoms with E-state index in [0.29, 0.717) is 12.4 Å². The molecule has 2 aliphatic heterocycles. The van der Waals surface area contributed by atoms with Crippen LogP contribution in [0.1, 0.15) is 34.8 Å². The second kappa shape index (κ2) is 8.65. The van der Waals surface area contributed by atoms with Gasteiger partial charge in [-0.25, -0.2) is 15.1 Å². The van der Waals surface area contributed by atoms with Gasteiger partial charge in [0.2, 0.25) is 5.95 Å². The summed E-state index contributed by atoms with van der Waals surface area (Å²) >= 11 is 0. The van der Waals surface area contributed by atoms with Gasteiger partial charge in [-0.1, -0.05) is 0 Å². The summed E-state index contributed by atoms with van der Waals surface area (Å²) in [4.78, 5) is 36.9. The first-order valence-electron chi connectivity index (χ1n) is 11.4. The molecule has 3 aliphatic rings. The van der Waals surface area contributed by atoms with Crippen molar-refractivity contribution in [2.75, 3.05) is 44.2 Å². The average Bonchev–Trinajstić information content (AvgIpc) is 3.23. The zero-order valence-corrected chi connectivity index (χ0v) is 19.1. The first kappa shape index (κ1) is 25.4. The number of hydrogen-bond donors (Lipinski definition) is 2. The number of piperazine rings is 1. The van der Waals surface area contributed by atoms with Gasteiger partial charge in [-0.05, 0) is 18.4 Å². The molecule has 2 N–H and O–H groups in total. The number of anilines is 1. The molecule has 0 unspecified atom stereocenters. The number of rotatable bonds is 3. The quantitative estimate of drug-likeness (QED) is 0.561. The molecule has 200 valence electrons. The van der Waals surface area contributed by atoms with E-state index in [4.69, 9.17) is 0 Å². The molecule has 0 bridgehead atoms. The molecule has 0 aromatic carbocycles. The third kappa shape index (κ3) is 4.52. The number of nitrogens with zero attached hydrogens (tertiary/aromatic N) is 6. The highest BCUT2D eigenvalue weighted by atomic mass is 19.4. The summed E-state index contributed by atoms with van der Waals surface area (Å²) in [5.41, 5.74) is -5.34. The number of carbonyl (C=O) groups excluding carboxylic acids is 1. The Labute approximate surface area is 204 Å². The number of hydrogen-bond acceptors (Lipinski definition) is 8. The zero-order valence-electron chi connectivity index (χ0n) is 19.1. The lowest BCUT2D eigenvalue weighted by Gasteiger charge is -2.50. The molecule has 2 saturated heterocycles. The molecular weight excluding hydrogens is 512 g/mol. The van der Waals surface area contributed by atoms with E-state index in [2.05, 4.69) is 15.1 Å². The van der Waals surface area contributed by atoms with Crippen LogP contribution < -0.4 is 10.5 Å². The number of fused-ring (bicyclic) bond motifs is 1. The van der Waals surface area contributed by atoms with Crippen LogP contribution in [0.4, 0.5) is 32.3 Å². The van der Waals surface area contributed by atoms with Crippen LogP contribution in [-0.2, 0) is 23.6 Å². The number of likely N-dealkylation sites (tertiary alicyclic amines) is 1. The van der Waals surface area contributed by atoms with E-state index in [0.717, 1.165) is 0 Å². The van der Waals surface area contributed by atoms with Gasteiger partial charge >= 0.3 is 12.4 Å². The van der Waals surface area contributed by atoms with E-state index in [1.165, 1.54) is 4.90 Å². The fraction of sp³-hybridized carbons (Fsp3) is 0.571. The first-order chi connectivity index (χ1) is 17.3. The number of amides is 1. The van der Waals surface area contributed by atoms with E-state index < -0.39 is 46.6 Å². The molecule has 2 aromatic heterocycles. The van der Waals surface area contributed by atoms with Gasteiger partial charge in [-0.2, -0.15) is 31.4 Å². The largest absolute Gasteiger partial charge is 0.422 e. The Hall–Kier alpha value is -3.27. The summed E-state index contributed by atoms with van der Waals surface area (Å²) < 4.78 is 78.2. The van der Waals surface area contributed by atoms with Gasteiger partial charge in [0, 0.05) is 51.7 Å². The highest BCUT2D eigenvalue weighted by Gasteiger charge is 2.54. The molecule has 2 fully saturated rings. The SMILES string of the molecule is O=C(N1CCN(c2ncc(C(F)(F)F)cn2)CC1)C1(O)CN([C@@H]2CCc3c2n[nH]c(=O)c3C(F)(F)F)C1. The molecule has 0 radical (unpaired) electrons. The number of alkyl halides is 6. The smallest absolute Gasteiger partial charge is 0.377 e. The van der Waals surface area contributed by atoms with Gasteiger partial charge < -0.3 is 14.9 Å². The highest BCUT2D eigenvalue weighted by Crippen LogP contribution is 2.43. The van der Waals surface area contributed by atoms with Crippen LogP contribution in [0.25, 0.3) is 0 Å². The number of aromatic nitrogens is 4. The zero-order chi connectivity index (χ0) is 26.8. The summed E-state index contributed by atoms with van der Waals surface area (Å²) in [6.45, 7) is 0.612. The number of halogens is 6. The molecule has 4 heterocycles. The number of aromatic amines is 1. The third-order valence-electron chi connectivity index (χ3n) is 6.97. The average molecular weight is 533 g/mol. The van der Waals surface area contributed by atoms with Crippen LogP contribution in [-0.4, -0.2) is 85.8 Å². The van der Waals surface area contributed by atoms with Gasteiger partial charge in [0.25, 0.3) is 11.5 Å². The van der Waals surface area contributed by atoms with Crippen molar-refractivity contribution in [1.29, 1.82) is 0 Å². The molecule has 1 amide bonds. The Bertz CT molecular complexity index is 1250. The summed E-state index contributed by atoms with van der Waals surface area (Å²) in [6, 6.07) is -0.574. The fourth-order valence-corrected chi connectivity index (χ4v) is 5.12. The highest BCUT2D eigenvalue weighted by molar-refractivity contribution is 5.87. The van der Waals surface area contributed by atoms with Crippen LogP contribution in [0.5, 0.6) is 0 Å². The van der Waals surface area contributed by atoms with Crippen molar-refractivity contribution in [2.45, 2.75) is 36.8 Å². The van der Waals surface area contributed by atoms with E-state index in [9.17, 15) is 41.0 Å². The Morgan fingerprint density at radius 3 is 2.22 bits per heavy atom. The molecule has 1 atom stereocenters. The Kier molecular flexibility index (Phi) is 5.93. The van der Waals surface area contributed by atoms with Gasteiger partial charge in [0.15, 0.2) is 5.60 Å². The second-order valence-corrected chi connectivity index (χ2v) is 9.33. The van der Waals surface area contributed by atoms with Crippen molar-refractivity contribution in [3.8, 4) is 0 Å². The summed E-state index contributed by atoms with van der Waals surface area (Å²) in [7, 11) is 0. The van der Waals surface area contributed by atoms with Gasteiger partial charge in [0.1, 0.15) is 5.56 Å². The minimum Gasteiger partial charge on any atom is -0.377 e. The van der Waals surface area contributed by atoms with E-state index in [1.54, 1.807) is 9.80 Å². The predicted octanol–water partition coefficient (Wildman–Crippen LogP) is 0.980. The Balaban J connectivity index is 1.20. The summed E-state index contributed by atoms with van der Waals surface area (Å²) in [6.07, 6.45) is -7.73. The predicted molar refractivity (Wildman–Crippen MR) is 113 cm³/mol. The fourth-order valence-electron chi connectivity index (χ4n) is 5.12. The number of carbonyl (C=O) groups is 1. The Morgan fingerprint density at radius 1 is 1.03 bits per heavy atom. The van der Waals surface area contributed by atoms with E-state index >= 15 is 0 Å². The lowest BCUT2D eigenvalue weighted by molar-refractivity contribution is -0.175. The number of nitrogens with one attached hydrogen (secondary N) is 1. The minimum atomic E-state index is -4.82.